The molecule has 88 valence electrons. The molecule has 4 heteroatoms. The highest BCUT2D eigenvalue weighted by molar-refractivity contribution is 5.80. The summed E-state index contributed by atoms with van der Waals surface area (Å²) in [5.41, 5.74) is 0. The Morgan fingerprint density at radius 1 is 1.50 bits per heavy atom. The van der Waals surface area contributed by atoms with Gasteiger partial charge >= 0.3 is 0 Å². The first-order chi connectivity index (χ1) is 7.70. The third kappa shape index (κ3) is 2.35. The van der Waals surface area contributed by atoms with Crippen molar-refractivity contribution in [2.45, 2.75) is 44.7 Å². The SMILES string of the molecule is CC(C#N)C(=O)NC1CCN2CCCC2C1. The van der Waals surface area contributed by atoms with E-state index in [1.165, 1.54) is 19.4 Å². The van der Waals surface area contributed by atoms with Gasteiger partial charge in [0.25, 0.3) is 0 Å². The number of carbonyl (C=O) groups is 1. The molecule has 0 radical (unpaired) electrons. The first-order valence-electron chi connectivity index (χ1n) is 6.14. The summed E-state index contributed by atoms with van der Waals surface area (Å²) in [4.78, 5) is 14.1. The molecular formula is C12H19N3O. The van der Waals surface area contributed by atoms with Crippen LogP contribution in [0.5, 0.6) is 0 Å². The molecule has 1 amide bonds. The van der Waals surface area contributed by atoms with Gasteiger partial charge in [-0.3, -0.25) is 4.79 Å². The van der Waals surface area contributed by atoms with Crippen LogP contribution >= 0.6 is 0 Å². The number of nitriles is 1. The van der Waals surface area contributed by atoms with E-state index < -0.39 is 5.92 Å². The van der Waals surface area contributed by atoms with E-state index in [1.807, 2.05) is 6.07 Å². The zero-order chi connectivity index (χ0) is 11.5. The van der Waals surface area contributed by atoms with Crippen LogP contribution < -0.4 is 5.32 Å². The van der Waals surface area contributed by atoms with Gasteiger partial charge in [0.15, 0.2) is 0 Å². The number of hydrogen-bond acceptors (Lipinski definition) is 3. The second kappa shape index (κ2) is 4.84. The predicted octanol–water partition coefficient (Wildman–Crippen LogP) is 0.889. The van der Waals surface area contributed by atoms with Crippen LogP contribution in [0.4, 0.5) is 0 Å². The Hall–Kier alpha value is -1.08. The Morgan fingerprint density at radius 2 is 2.31 bits per heavy atom. The second-order valence-electron chi connectivity index (χ2n) is 4.91. The van der Waals surface area contributed by atoms with Crippen LogP contribution in [0.2, 0.25) is 0 Å². The molecule has 4 nitrogen and oxygen atoms in total. The summed E-state index contributed by atoms with van der Waals surface area (Å²) >= 11 is 0. The highest BCUT2D eigenvalue weighted by atomic mass is 16.1. The maximum atomic E-state index is 11.6. The van der Waals surface area contributed by atoms with E-state index in [2.05, 4.69) is 10.2 Å². The Morgan fingerprint density at radius 3 is 3.06 bits per heavy atom. The molecule has 0 aromatic rings. The molecule has 2 rings (SSSR count). The van der Waals surface area contributed by atoms with Gasteiger partial charge < -0.3 is 10.2 Å². The number of piperidine rings is 1. The third-order valence-electron chi connectivity index (χ3n) is 3.75. The number of rotatable bonds is 2. The van der Waals surface area contributed by atoms with Crippen LogP contribution in [0.3, 0.4) is 0 Å². The largest absolute Gasteiger partial charge is 0.352 e. The summed E-state index contributed by atoms with van der Waals surface area (Å²) < 4.78 is 0. The highest BCUT2D eigenvalue weighted by Crippen LogP contribution is 2.26. The average Bonchev–Trinajstić information content (AvgIpc) is 2.75. The van der Waals surface area contributed by atoms with Gasteiger partial charge in [-0.1, -0.05) is 0 Å². The quantitative estimate of drug-likeness (QED) is 0.753. The minimum atomic E-state index is -0.526. The monoisotopic (exact) mass is 221 g/mol. The lowest BCUT2D eigenvalue weighted by atomic mass is 9.97. The van der Waals surface area contributed by atoms with Crippen molar-refractivity contribution in [2.75, 3.05) is 13.1 Å². The Bertz CT molecular complexity index is 310. The predicted molar refractivity (Wildman–Crippen MR) is 60.5 cm³/mol. The van der Waals surface area contributed by atoms with Gasteiger partial charge in [0.05, 0.1) is 6.07 Å². The molecule has 1 N–H and O–H groups in total. The molecule has 2 aliphatic heterocycles. The molecule has 2 saturated heterocycles. The summed E-state index contributed by atoms with van der Waals surface area (Å²) in [5.74, 6) is -0.638. The van der Waals surface area contributed by atoms with E-state index in [-0.39, 0.29) is 11.9 Å². The summed E-state index contributed by atoms with van der Waals surface area (Å²) in [6, 6.07) is 2.92. The minimum Gasteiger partial charge on any atom is -0.352 e. The lowest BCUT2D eigenvalue weighted by Crippen LogP contribution is -2.48. The number of carbonyl (C=O) groups excluding carboxylic acids is 1. The van der Waals surface area contributed by atoms with Crippen molar-refractivity contribution in [1.82, 2.24) is 10.2 Å². The molecule has 0 bridgehead atoms. The molecule has 2 fully saturated rings. The number of hydrogen-bond donors (Lipinski definition) is 1. The average molecular weight is 221 g/mol. The highest BCUT2D eigenvalue weighted by Gasteiger charge is 2.32. The molecule has 3 atom stereocenters. The second-order valence-corrected chi connectivity index (χ2v) is 4.91. The van der Waals surface area contributed by atoms with Crippen molar-refractivity contribution in [3.8, 4) is 6.07 Å². The normalized spacial score (nSPS) is 31.5. The standard InChI is InChI=1S/C12H19N3O/c1-9(8-13)12(16)14-10-4-6-15-5-2-3-11(15)7-10/h9-11H,2-7H2,1H3,(H,14,16). The van der Waals surface area contributed by atoms with Crippen molar-refractivity contribution in [1.29, 1.82) is 5.26 Å². The van der Waals surface area contributed by atoms with Crippen LogP contribution in [0.25, 0.3) is 0 Å². The first-order valence-corrected chi connectivity index (χ1v) is 6.14. The minimum absolute atomic E-state index is 0.112. The van der Waals surface area contributed by atoms with Gasteiger partial charge in [-0.2, -0.15) is 5.26 Å². The van der Waals surface area contributed by atoms with Gasteiger partial charge in [-0.05, 0) is 39.2 Å². The van der Waals surface area contributed by atoms with E-state index >= 15 is 0 Å². The molecule has 0 aromatic heterocycles. The first kappa shape index (κ1) is 11.4. The van der Waals surface area contributed by atoms with Crippen molar-refractivity contribution in [3.05, 3.63) is 0 Å². The molecule has 3 unspecified atom stereocenters. The molecule has 0 aliphatic carbocycles. The van der Waals surface area contributed by atoms with Crippen LogP contribution in [-0.2, 0) is 4.79 Å². The number of nitrogens with zero attached hydrogens (tertiary/aromatic N) is 2. The zero-order valence-electron chi connectivity index (χ0n) is 9.78. The topological polar surface area (TPSA) is 56.1 Å². The van der Waals surface area contributed by atoms with Gasteiger partial charge in [0, 0.05) is 18.6 Å². The molecule has 0 aromatic carbocycles. The maximum absolute atomic E-state index is 11.6. The number of fused-ring (bicyclic) bond motifs is 1. The van der Waals surface area contributed by atoms with Gasteiger partial charge in [0.1, 0.15) is 5.92 Å². The van der Waals surface area contributed by atoms with Crippen molar-refractivity contribution >= 4 is 5.91 Å². The van der Waals surface area contributed by atoms with Crippen LogP contribution in [0.15, 0.2) is 0 Å². The van der Waals surface area contributed by atoms with Crippen molar-refractivity contribution in [3.63, 3.8) is 0 Å². The Kier molecular flexibility index (Phi) is 3.45. The summed E-state index contributed by atoms with van der Waals surface area (Å²) in [5, 5.41) is 11.7. The van der Waals surface area contributed by atoms with Crippen LogP contribution in [0, 0.1) is 17.2 Å². The van der Waals surface area contributed by atoms with E-state index in [0.29, 0.717) is 6.04 Å². The van der Waals surface area contributed by atoms with Crippen molar-refractivity contribution in [2.24, 2.45) is 5.92 Å². The van der Waals surface area contributed by atoms with E-state index in [9.17, 15) is 4.79 Å². The summed E-state index contributed by atoms with van der Waals surface area (Å²) in [6.07, 6.45) is 4.64. The lowest BCUT2D eigenvalue weighted by molar-refractivity contribution is -0.124. The Labute approximate surface area is 96.6 Å². The van der Waals surface area contributed by atoms with Gasteiger partial charge in [-0.15, -0.1) is 0 Å². The molecule has 0 spiro atoms. The maximum Gasteiger partial charge on any atom is 0.237 e. The molecule has 0 saturated carbocycles. The summed E-state index contributed by atoms with van der Waals surface area (Å²) in [7, 11) is 0. The van der Waals surface area contributed by atoms with Gasteiger partial charge in [-0.25, -0.2) is 0 Å². The fourth-order valence-corrected chi connectivity index (χ4v) is 2.74. The van der Waals surface area contributed by atoms with Crippen molar-refractivity contribution < 1.29 is 4.79 Å². The summed E-state index contributed by atoms with van der Waals surface area (Å²) in [6.45, 7) is 3.97. The zero-order valence-corrected chi connectivity index (χ0v) is 9.78. The van der Waals surface area contributed by atoms with Gasteiger partial charge in [0.2, 0.25) is 5.91 Å². The van der Waals surface area contributed by atoms with Crippen LogP contribution in [0.1, 0.15) is 32.6 Å². The molecule has 2 heterocycles. The molecule has 16 heavy (non-hydrogen) atoms. The number of amides is 1. The number of nitrogens with one attached hydrogen (secondary N) is 1. The third-order valence-corrected chi connectivity index (χ3v) is 3.75. The lowest BCUT2D eigenvalue weighted by Gasteiger charge is -2.35. The van der Waals surface area contributed by atoms with Crippen LogP contribution in [-0.4, -0.2) is 36.0 Å². The van der Waals surface area contributed by atoms with E-state index in [1.54, 1.807) is 6.92 Å². The molecular weight excluding hydrogens is 202 g/mol. The van der Waals surface area contributed by atoms with E-state index in [0.717, 1.165) is 19.4 Å². The Balaban J connectivity index is 1.83. The van der Waals surface area contributed by atoms with E-state index in [4.69, 9.17) is 5.26 Å². The molecule has 2 aliphatic rings. The smallest absolute Gasteiger partial charge is 0.237 e. The fourth-order valence-electron chi connectivity index (χ4n) is 2.74. The fraction of sp³-hybridized carbons (Fsp3) is 0.833.